The number of carbonyl (C=O) groups excluding carboxylic acids is 1. The lowest BCUT2D eigenvalue weighted by Crippen LogP contribution is -2.40. The first-order valence-electron chi connectivity index (χ1n) is 7.75. The molecule has 0 aromatic heterocycles. The first-order chi connectivity index (χ1) is 11.5. The van der Waals surface area contributed by atoms with Crippen LogP contribution in [-0.2, 0) is 9.53 Å². The van der Waals surface area contributed by atoms with Gasteiger partial charge in [-0.1, -0.05) is 30.3 Å². The molecule has 3 nitrogen and oxygen atoms in total. The van der Waals surface area contributed by atoms with E-state index in [1.807, 2.05) is 35.2 Å². The van der Waals surface area contributed by atoms with Crippen molar-refractivity contribution < 1.29 is 22.7 Å². The molecule has 1 fully saturated rings. The van der Waals surface area contributed by atoms with Gasteiger partial charge in [-0.3, -0.25) is 9.69 Å². The smallest absolute Gasteiger partial charge is 0.320 e. The lowest BCUT2D eigenvalue weighted by molar-refractivity contribution is -0.146. The molecule has 1 aromatic carbocycles. The molecular formula is C17H19ClF3NO2. The van der Waals surface area contributed by atoms with Crippen molar-refractivity contribution in [2.24, 2.45) is 0 Å². The number of alkyl halides is 1. The number of likely N-dealkylation sites (tertiary alicyclic amines) is 1. The van der Waals surface area contributed by atoms with E-state index in [0.29, 0.717) is 13.0 Å². The maximum Gasteiger partial charge on any atom is 0.320 e. The van der Waals surface area contributed by atoms with Crippen LogP contribution in [0.15, 0.2) is 42.2 Å². The minimum Gasteiger partial charge on any atom is -0.464 e. The summed E-state index contributed by atoms with van der Waals surface area (Å²) >= 11 is 6.25. The van der Waals surface area contributed by atoms with E-state index in [0.717, 1.165) is 12.0 Å². The lowest BCUT2D eigenvalue weighted by atomic mass is 9.95. The zero-order valence-corrected chi connectivity index (χ0v) is 13.8. The van der Waals surface area contributed by atoms with Gasteiger partial charge in [0.05, 0.1) is 13.2 Å². The number of halogens is 4. The summed E-state index contributed by atoms with van der Waals surface area (Å²) in [6.45, 7) is 0.257. The van der Waals surface area contributed by atoms with E-state index in [2.05, 4.69) is 0 Å². The summed E-state index contributed by atoms with van der Waals surface area (Å²) in [5.41, 5.74) is 1.06. The van der Waals surface area contributed by atoms with Crippen LogP contribution in [0, 0.1) is 0 Å². The molecule has 1 aliphatic rings. The van der Waals surface area contributed by atoms with Gasteiger partial charge in [0.1, 0.15) is 0 Å². The molecule has 132 valence electrons. The first kappa shape index (κ1) is 18.8. The van der Waals surface area contributed by atoms with Gasteiger partial charge < -0.3 is 4.74 Å². The molecule has 0 spiro atoms. The highest BCUT2D eigenvalue weighted by Crippen LogP contribution is 2.33. The van der Waals surface area contributed by atoms with Gasteiger partial charge in [-0.25, -0.2) is 4.39 Å². The molecule has 1 saturated heterocycles. The number of rotatable bonds is 6. The second-order valence-electron chi connectivity index (χ2n) is 5.65. The number of ether oxygens (including phenoxy) is 1. The van der Waals surface area contributed by atoms with E-state index in [9.17, 15) is 18.0 Å². The highest BCUT2D eigenvalue weighted by atomic mass is 35.5. The first-order valence-corrected chi connectivity index (χ1v) is 8.19. The van der Waals surface area contributed by atoms with Crippen LogP contribution >= 0.6 is 11.6 Å². The second kappa shape index (κ2) is 9.08. The molecule has 0 amide bonds. The Morgan fingerprint density at radius 3 is 2.62 bits per heavy atom. The molecule has 7 heteroatoms. The van der Waals surface area contributed by atoms with E-state index in [1.54, 1.807) is 0 Å². The zero-order chi connectivity index (χ0) is 17.5. The third-order valence-corrected chi connectivity index (χ3v) is 4.35. The summed E-state index contributed by atoms with van der Waals surface area (Å²) in [4.78, 5) is 13.9. The molecule has 1 aromatic rings. The van der Waals surface area contributed by atoms with Crippen molar-refractivity contribution >= 4 is 17.6 Å². The Hall–Kier alpha value is -1.53. The van der Waals surface area contributed by atoms with E-state index in [4.69, 9.17) is 16.3 Å². The minimum absolute atomic E-state index is 0.00471. The fourth-order valence-electron chi connectivity index (χ4n) is 2.74. The van der Waals surface area contributed by atoms with Crippen LogP contribution in [-0.4, -0.2) is 35.9 Å². The molecule has 1 heterocycles. The fourth-order valence-corrected chi connectivity index (χ4v) is 3.01. The van der Waals surface area contributed by atoms with Gasteiger partial charge in [-0.15, -0.1) is 11.6 Å². The van der Waals surface area contributed by atoms with Crippen LogP contribution in [0.25, 0.3) is 0 Å². The van der Waals surface area contributed by atoms with Gasteiger partial charge in [0.25, 0.3) is 0 Å². The van der Waals surface area contributed by atoms with E-state index in [1.165, 1.54) is 0 Å². The Morgan fingerprint density at radius 2 is 1.96 bits per heavy atom. The van der Waals surface area contributed by atoms with Crippen LogP contribution < -0.4 is 0 Å². The number of esters is 1. The molecule has 0 radical (unpaired) electrons. The second-order valence-corrected chi connectivity index (χ2v) is 6.27. The molecular weight excluding hydrogens is 343 g/mol. The van der Waals surface area contributed by atoms with Crippen molar-refractivity contribution in [3.05, 3.63) is 47.8 Å². The van der Waals surface area contributed by atoms with Crippen LogP contribution in [0.4, 0.5) is 13.2 Å². The lowest BCUT2D eigenvalue weighted by Gasteiger charge is -2.37. The average Bonchev–Trinajstić information content (AvgIpc) is 2.57. The molecule has 2 atom stereocenters. The number of hydrogen-bond donors (Lipinski definition) is 0. The summed E-state index contributed by atoms with van der Waals surface area (Å²) < 4.78 is 41.4. The van der Waals surface area contributed by atoms with Gasteiger partial charge in [0.2, 0.25) is 0 Å². The van der Waals surface area contributed by atoms with Crippen molar-refractivity contribution in [2.75, 3.05) is 19.7 Å². The van der Waals surface area contributed by atoms with Gasteiger partial charge in [0, 0.05) is 24.4 Å². The van der Waals surface area contributed by atoms with Crippen LogP contribution in [0.2, 0.25) is 0 Å². The standard InChI is InChI=1S/C17H19ClF3NO2/c18-13-6-8-22(15(10-13)12-4-2-1-3-5-12)11-16(23)24-9-7-14(19)17(20)21/h1-5,13,15H,6-11H2. The van der Waals surface area contributed by atoms with Gasteiger partial charge in [-0.2, -0.15) is 8.78 Å². The highest BCUT2D eigenvalue weighted by molar-refractivity contribution is 6.20. The Balaban J connectivity index is 1.91. The fraction of sp³-hybridized carbons (Fsp3) is 0.471. The van der Waals surface area contributed by atoms with Crippen LogP contribution in [0.3, 0.4) is 0 Å². The van der Waals surface area contributed by atoms with Gasteiger partial charge in [0.15, 0.2) is 5.83 Å². The minimum atomic E-state index is -2.38. The number of benzene rings is 1. The highest BCUT2D eigenvalue weighted by Gasteiger charge is 2.30. The van der Waals surface area contributed by atoms with Crippen molar-refractivity contribution in [2.45, 2.75) is 30.7 Å². The van der Waals surface area contributed by atoms with E-state index in [-0.39, 0.29) is 18.0 Å². The van der Waals surface area contributed by atoms with Crippen molar-refractivity contribution in [1.82, 2.24) is 4.90 Å². The van der Waals surface area contributed by atoms with Gasteiger partial charge >= 0.3 is 12.0 Å². The SMILES string of the molecule is O=C(CN1CCC(Cl)CC1c1ccccc1)OCCC(F)=C(F)F. The average molecular weight is 362 g/mol. The number of hydrogen-bond acceptors (Lipinski definition) is 3. The zero-order valence-electron chi connectivity index (χ0n) is 13.1. The third kappa shape index (κ3) is 5.53. The summed E-state index contributed by atoms with van der Waals surface area (Å²) in [6.07, 6.45) is -1.52. The maximum absolute atomic E-state index is 12.7. The van der Waals surface area contributed by atoms with Crippen LogP contribution in [0.5, 0.6) is 0 Å². The topological polar surface area (TPSA) is 29.5 Å². The largest absolute Gasteiger partial charge is 0.464 e. The molecule has 0 aliphatic carbocycles. The Kier molecular flexibility index (Phi) is 7.12. The maximum atomic E-state index is 12.7. The normalized spacial score (nSPS) is 21.3. The van der Waals surface area contributed by atoms with Crippen LogP contribution in [0.1, 0.15) is 30.9 Å². The van der Waals surface area contributed by atoms with E-state index < -0.39 is 30.9 Å². The molecule has 0 bridgehead atoms. The number of piperidine rings is 1. The summed E-state index contributed by atoms with van der Waals surface area (Å²) in [5, 5.41) is 0.0363. The Bertz CT molecular complexity index is 578. The van der Waals surface area contributed by atoms with Crippen molar-refractivity contribution in [3.63, 3.8) is 0 Å². The van der Waals surface area contributed by atoms with Crippen molar-refractivity contribution in [3.8, 4) is 0 Å². The molecule has 24 heavy (non-hydrogen) atoms. The molecule has 0 saturated carbocycles. The molecule has 2 rings (SSSR count). The number of nitrogens with zero attached hydrogens (tertiary/aromatic N) is 1. The predicted octanol–water partition coefficient (Wildman–Crippen LogP) is 4.44. The summed E-state index contributed by atoms with van der Waals surface area (Å²) in [7, 11) is 0. The Morgan fingerprint density at radius 1 is 1.25 bits per heavy atom. The monoisotopic (exact) mass is 361 g/mol. The van der Waals surface area contributed by atoms with Crippen molar-refractivity contribution in [1.29, 1.82) is 0 Å². The molecule has 2 unspecified atom stereocenters. The molecule has 1 aliphatic heterocycles. The van der Waals surface area contributed by atoms with Gasteiger partial charge in [-0.05, 0) is 18.4 Å². The third-order valence-electron chi connectivity index (χ3n) is 3.96. The quantitative estimate of drug-likeness (QED) is 0.554. The van der Waals surface area contributed by atoms with E-state index >= 15 is 0 Å². The predicted molar refractivity (Wildman–Crippen MR) is 85.6 cm³/mol. The summed E-state index contributed by atoms with van der Waals surface area (Å²) in [5.74, 6) is -2.11. The summed E-state index contributed by atoms with van der Waals surface area (Å²) in [6, 6.07) is 9.70. The number of carbonyl (C=O) groups is 1. The molecule has 0 N–H and O–H groups in total. The Labute approximate surface area is 144 Å².